The lowest BCUT2D eigenvalue weighted by Gasteiger charge is -2.23. The summed E-state index contributed by atoms with van der Waals surface area (Å²) in [4.78, 5) is 26.8. The van der Waals surface area contributed by atoms with E-state index in [-0.39, 0.29) is 12.5 Å². The van der Waals surface area contributed by atoms with Crippen molar-refractivity contribution in [3.8, 4) is 17.6 Å². The molecule has 0 bridgehead atoms. The van der Waals surface area contributed by atoms with Crippen LogP contribution in [-0.4, -0.2) is 30.1 Å². The van der Waals surface area contributed by atoms with Gasteiger partial charge in [0.15, 0.2) is 11.5 Å². The van der Waals surface area contributed by atoms with Crippen molar-refractivity contribution < 1.29 is 19.1 Å². The number of fused-ring (bicyclic) bond motifs is 1. The van der Waals surface area contributed by atoms with E-state index in [9.17, 15) is 9.59 Å². The predicted molar refractivity (Wildman–Crippen MR) is 99.6 cm³/mol. The molecule has 1 fully saturated rings. The summed E-state index contributed by atoms with van der Waals surface area (Å²) in [6, 6.07) is 13.7. The molecule has 2 aliphatic heterocycles. The number of rotatable bonds is 3. The lowest BCUT2D eigenvalue weighted by molar-refractivity contribution is -0.131. The summed E-state index contributed by atoms with van der Waals surface area (Å²) in [7, 11) is 0. The number of hydrogen-bond donors (Lipinski definition) is 1. The molecule has 2 aliphatic rings. The number of carbonyl (C=O) groups excluding carboxylic acids is 2. The van der Waals surface area contributed by atoms with Gasteiger partial charge in [-0.1, -0.05) is 18.2 Å². The third kappa shape index (κ3) is 3.03. The number of benzene rings is 2. The molecule has 1 saturated heterocycles. The maximum Gasteiger partial charge on any atom is 0.325 e. The van der Waals surface area contributed by atoms with Crippen LogP contribution in [0.3, 0.4) is 0 Å². The Morgan fingerprint density at radius 3 is 2.54 bits per heavy atom. The third-order valence-corrected chi connectivity index (χ3v) is 5.02. The fourth-order valence-electron chi connectivity index (χ4n) is 3.38. The number of nitrogens with zero attached hydrogens (tertiary/aromatic N) is 2. The van der Waals surface area contributed by atoms with Crippen LogP contribution < -0.4 is 14.8 Å². The van der Waals surface area contributed by atoms with Crippen molar-refractivity contribution in [2.24, 2.45) is 0 Å². The molecule has 0 saturated carbocycles. The summed E-state index contributed by atoms with van der Waals surface area (Å²) in [5.74, 6) is 0.872. The lowest BCUT2D eigenvalue weighted by Crippen LogP contribution is -2.40. The summed E-state index contributed by atoms with van der Waals surface area (Å²) >= 11 is 0. The topological polar surface area (TPSA) is 91.7 Å². The second-order valence-corrected chi connectivity index (χ2v) is 6.97. The molecule has 0 spiro atoms. The number of nitrogens with one attached hydrogen (secondary N) is 1. The van der Waals surface area contributed by atoms with Gasteiger partial charge >= 0.3 is 6.03 Å². The average molecular weight is 377 g/mol. The quantitative estimate of drug-likeness (QED) is 0.831. The van der Waals surface area contributed by atoms with Crippen molar-refractivity contribution in [3.63, 3.8) is 0 Å². The fourth-order valence-corrected chi connectivity index (χ4v) is 3.38. The van der Waals surface area contributed by atoms with Gasteiger partial charge in [0.1, 0.15) is 5.54 Å². The molecule has 2 heterocycles. The van der Waals surface area contributed by atoms with Crippen molar-refractivity contribution in [2.75, 3.05) is 13.2 Å². The first kappa shape index (κ1) is 17.9. The van der Waals surface area contributed by atoms with Crippen LogP contribution in [0.4, 0.5) is 4.79 Å². The molecule has 2 aromatic rings. The van der Waals surface area contributed by atoms with Gasteiger partial charge in [-0.3, -0.25) is 9.69 Å². The largest absolute Gasteiger partial charge is 0.490 e. The van der Waals surface area contributed by atoms with Gasteiger partial charge in [0.05, 0.1) is 31.4 Å². The van der Waals surface area contributed by atoms with Crippen LogP contribution in [0.15, 0.2) is 42.5 Å². The Hall–Kier alpha value is -3.53. The van der Waals surface area contributed by atoms with Crippen LogP contribution in [0.25, 0.3) is 0 Å². The Bertz CT molecular complexity index is 980. The molecule has 7 heteroatoms. The molecule has 28 heavy (non-hydrogen) atoms. The summed E-state index contributed by atoms with van der Waals surface area (Å²) in [5, 5.41) is 11.7. The maximum atomic E-state index is 13.1. The van der Waals surface area contributed by atoms with Crippen LogP contribution in [0.2, 0.25) is 0 Å². The SMILES string of the molecule is C[C@@]1(c2ccc3c(c2)OCCCO3)NC(=O)N(Cc2ccc(C#N)cc2)C1=O. The van der Waals surface area contributed by atoms with Gasteiger partial charge in [-0.25, -0.2) is 4.79 Å². The number of nitriles is 1. The highest BCUT2D eigenvalue weighted by Crippen LogP contribution is 2.37. The van der Waals surface area contributed by atoms with Crippen LogP contribution >= 0.6 is 0 Å². The van der Waals surface area contributed by atoms with Crippen molar-refractivity contribution in [1.82, 2.24) is 10.2 Å². The normalized spacial score (nSPS) is 21.1. The first-order chi connectivity index (χ1) is 13.5. The molecule has 4 rings (SSSR count). The van der Waals surface area contributed by atoms with E-state index in [1.807, 2.05) is 6.07 Å². The smallest absolute Gasteiger partial charge is 0.325 e. The molecule has 0 radical (unpaired) electrons. The average Bonchev–Trinajstić information content (AvgIpc) is 2.88. The van der Waals surface area contributed by atoms with Crippen molar-refractivity contribution >= 4 is 11.9 Å². The highest BCUT2D eigenvalue weighted by Gasteiger charge is 2.49. The zero-order valence-corrected chi connectivity index (χ0v) is 15.4. The summed E-state index contributed by atoms with van der Waals surface area (Å²) < 4.78 is 11.3. The van der Waals surface area contributed by atoms with Crippen LogP contribution in [0.5, 0.6) is 11.5 Å². The van der Waals surface area contributed by atoms with E-state index in [1.54, 1.807) is 49.4 Å². The van der Waals surface area contributed by atoms with Crippen molar-refractivity contribution in [3.05, 3.63) is 59.2 Å². The molecule has 1 N–H and O–H groups in total. The second-order valence-electron chi connectivity index (χ2n) is 6.97. The van der Waals surface area contributed by atoms with E-state index >= 15 is 0 Å². The Balaban J connectivity index is 1.60. The van der Waals surface area contributed by atoms with Gasteiger partial charge in [0.25, 0.3) is 5.91 Å². The molecule has 0 aromatic heterocycles. The summed E-state index contributed by atoms with van der Waals surface area (Å²) in [6.45, 7) is 2.94. The van der Waals surface area contributed by atoms with Crippen molar-refractivity contribution in [1.29, 1.82) is 5.26 Å². The van der Waals surface area contributed by atoms with Crippen molar-refractivity contribution in [2.45, 2.75) is 25.4 Å². The summed E-state index contributed by atoms with van der Waals surface area (Å²) in [5.41, 5.74) is 0.745. The highest BCUT2D eigenvalue weighted by atomic mass is 16.5. The lowest BCUT2D eigenvalue weighted by atomic mass is 9.91. The minimum Gasteiger partial charge on any atom is -0.490 e. The number of imide groups is 1. The van der Waals surface area contributed by atoms with E-state index in [4.69, 9.17) is 14.7 Å². The standard InChI is InChI=1S/C21H19N3O4/c1-21(16-7-8-17-18(11-16)28-10-2-9-27-17)19(25)24(20(26)23-21)13-15-5-3-14(12-22)4-6-15/h3-8,11H,2,9-10,13H2,1H3,(H,23,26)/t21-/m0/s1. The Labute approximate surface area is 162 Å². The van der Waals surface area contributed by atoms with Gasteiger partial charge < -0.3 is 14.8 Å². The van der Waals surface area contributed by atoms with E-state index in [0.717, 1.165) is 12.0 Å². The molecular weight excluding hydrogens is 358 g/mol. The third-order valence-electron chi connectivity index (χ3n) is 5.02. The molecular formula is C21H19N3O4. The first-order valence-electron chi connectivity index (χ1n) is 9.04. The van der Waals surface area contributed by atoms with Gasteiger partial charge in [0, 0.05) is 6.42 Å². The predicted octanol–water partition coefficient (Wildman–Crippen LogP) is 2.69. The van der Waals surface area contributed by atoms with Crippen LogP contribution in [0, 0.1) is 11.3 Å². The zero-order valence-electron chi connectivity index (χ0n) is 15.4. The monoisotopic (exact) mass is 377 g/mol. The summed E-state index contributed by atoms with van der Waals surface area (Å²) in [6.07, 6.45) is 0.787. The Morgan fingerprint density at radius 2 is 1.82 bits per heavy atom. The van der Waals surface area contributed by atoms with Crippen LogP contribution in [-0.2, 0) is 16.9 Å². The molecule has 0 unspecified atom stereocenters. The van der Waals surface area contributed by atoms with E-state index < -0.39 is 11.6 Å². The minimum atomic E-state index is -1.19. The van der Waals surface area contributed by atoms with Gasteiger partial charge in [-0.2, -0.15) is 5.26 Å². The van der Waals surface area contributed by atoms with Gasteiger partial charge in [-0.15, -0.1) is 0 Å². The number of hydrogen-bond acceptors (Lipinski definition) is 5. The highest BCUT2D eigenvalue weighted by molar-refractivity contribution is 6.07. The molecule has 2 aromatic carbocycles. The van der Waals surface area contributed by atoms with E-state index in [1.165, 1.54) is 4.90 Å². The molecule has 142 valence electrons. The zero-order chi connectivity index (χ0) is 19.7. The van der Waals surface area contributed by atoms with E-state index in [2.05, 4.69) is 5.32 Å². The number of amides is 3. The minimum absolute atomic E-state index is 0.135. The van der Waals surface area contributed by atoms with Gasteiger partial charge in [0.2, 0.25) is 0 Å². The second kappa shape index (κ2) is 6.89. The van der Waals surface area contributed by atoms with Crippen LogP contribution in [0.1, 0.15) is 30.0 Å². The Kier molecular flexibility index (Phi) is 4.40. The van der Waals surface area contributed by atoms with Gasteiger partial charge in [-0.05, 0) is 42.3 Å². The first-order valence-corrected chi connectivity index (χ1v) is 9.04. The van der Waals surface area contributed by atoms with E-state index in [0.29, 0.717) is 35.8 Å². The molecule has 0 aliphatic carbocycles. The number of urea groups is 1. The number of carbonyl (C=O) groups is 2. The fraction of sp³-hybridized carbons (Fsp3) is 0.286. The number of ether oxygens (including phenoxy) is 2. The molecule has 3 amide bonds. The Morgan fingerprint density at radius 1 is 1.11 bits per heavy atom. The molecule has 7 nitrogen and oxygen atoms in total. The maximum absolute atomic E-state index is 13.1. The molecule has 1 atom stereocenters.